The lowest BCUT2D eigenvalue weighted by Crippen LogP contribution is -2.07. The number of hydrogen-bond acceptors (Lipinski definition) is 1. The van der Waals surface area contributed by atoms with Crippen LogP contribution in [0.5, 0.6) is 0 Å². The molecule has 0 heterocycles. The molecule has 1 saturated carbocycles. The van der Waals surface area contributed by atoms with E-state index in [0.29, 0.717) is 5.56 Å². The van der Waals surface area contributed by atoms with Crippen LogP contribution in [-0.2, 0) is 0 Å². The maximum Gasteiger partial charge on any atom is 0.132 e. The number of nitrogens with two attached hydrogens (primary N) is 1. The van der Waals surface area contributed by atoms with Crippen molar-refractivity contribution in [1.29, 1.82) is 0 Å². The van der Waals surface area contributed by atoms with Crippen molar-refractivity contribution in [3.8, 4) is 0 Å². The summed E-state index contributed by atoms with van der Waals surface area (Å²) in [6.07, 6.45) is 0. The SMILES string of the molecule is Cc1ccc(F)c([C@H]2[C@H](N)C2(C)C)c1F. The van der Waals surface area contributed by atoms with E-state index >= 15 is 0 Å². The van der Waals surface area contributed by atoms with Gasteiger partial charge in [0.1, 0.15) is 11.6 Å². The summed E-state index contributed by atoms with van der Waals surface area (Å²) in [5, 5.41) is 0. The maximum atomic E-state index is 13.8. The van der Waals surface area contributed by atoms with E-state index < -0.39 is 11.6 Å². The van der Waals surface area contributed by atoms with Crippen LogP contribution in [0.25, 0.3) is 0 Å². The predicted molar refractivity (Wildman–Crippen MR) is 55.6 cm³/mol. The largest absolute Gasteiger partial charge is 0.327 e. The minimum Gasteiger partial charge on any atom is -0.327 e. The maximum absolute atomic E-state index is 13.8. The molecule has 0 unspecified atom stereocenters. The molecule has 1 nitrogen and oxygen atoms in total. The molecule has 1 aromatic carbocycles. The second kappa shape index (κ2) is 3.01. The van der Waals surface area contributed by atoms with E-state index in [9.17, 15) is 8.78 Å². The molecule has 0 bridgehead atoms. The van der Waals surface area contributed by atoms with E-state index in [-0.39, 0.29) is 22.9 Å². The van der Waals surface area contributed by atoms with Crippen molar-refractivity contribution in [2.45, 2.75) is 32.7 Å². The molecule has 1 aliphatic carbocycles. The van der Waals surface area contributed by atoms with Crippen LogP contribution in [0, 0.1) is 24.0 Å². The lowest BCUT2D eigenvalue weighted by atomic mass is 10.00. The summed E-state index contributed by atoms with van der Waals surface area (Å²) in [7, 11) is 0. The van der Waals surface area contributed by atoms with Crippen molar-refractivity contribution >= 4 is 0 Å². The van der Waals surface area contributed by atoms with Gasteiger partial charge in [-0.3, -0.25) is 0 Å². The molecule has 15 heavy (non-hydrogen) atoms. The lowest BCUT2D eigenvalue weighted by Gasteiger charge is -2.08. The average molecular weight is 211 g/mol. The van der Waals surface area contributed by atoms with Gasteiger partial charge in [-0.15, -0.1) is 0 Å². The number of aryl methyl sites for hydroxylation is 1. The van der Waals surface area contributed by atoms with E-state index in [4.69, 9.17) is 5.73 Å². The molecule has 0 spiro atoms. The van der Waals surface area contributed by atoms with Gasteiger partial charge in [-0.05, 0) is 24.0 Å². The molecule has 2 atom stereocenters. The molecule has 1 fully saturated rings. The first-order valence-corrected chi connectivity index (χ1v) is 5.07. The molecule has 82 valence electrons. The first kappa shape index (κ1) is 10.6. The normalized spacial score (nSPS) is 27.9. The Hall–Kier alpha value is -0.960. The van der Waals surface area contributed by atoms with E-state index in [1.807, 2.05) is 13.8 Å². The first-order chi connectivity index (χ1) is 6.87. The number of halogens is 2. The zero-order valence-corrected chi connectivity index (χ0v) is 9.14. The lowest BCUT2D eigenvalue weighted by molar-refractivity contribution is 0.526. The fraction of sp³-hybridized carbons (Fsp3) is 0.500. The molecular formula is C12H15F2N. The molecule has 1 aromatic rings. The number of benzene rings is 1. The summed E-state index contributed by atoms with van der Waals surface area (Å²) in [5.74, 6) is -1.12. The van der Waals surface area contributed by atoms with Crippen molar-refractivity contribution in [2.75, 3.05) is 0 Å². The van der Waals surface area contributed by atoms with Gasteiger partial charge in [-0.2, -0.15) is 0 Å². The Bertz CT molecular complexity index is 412. The minimum absolute atomic E-state index is 0.150. The molecule has 0 aromatic heterocycles. The van der Waals surface area contributed by atoms with Crippen LogP contribution in [0.3, 0.4) is 0 Å². The summed E-state index contributed by atoms with van der Waals surface area (Å²) < 4.78 is 27.3. The average Bonchev–Trinajstić information content (AvgIpc) is 2.63. The molecule has 0 saturated heterocycles. The van der Waals surface area contributed by atoms with Crippen molar-refractivity contribution in [1.82, 2.24) is 0 Å². The van der Waals surface area contributed by atoms with Gasteiger partial charge in [0.25, 0.3) is 0 Å². The zero-order chi connectivity index (χ0) is 11.4. The van der Waals surface area contributed by atoms with Crippen LogP contribution < -0.4 is 5.73 Å². The van der Waals surface area contributed by atoms with E-state index in [1.54, 1.807) is 6.92 Å². The van der Waals surface area contributed by atoms with Crippen molar-refractivity contribution in [2.24, 2.45) is 11.1 Å². The molecule has 3 heteroatoms. The highest BCUT2D eigenvalue weighted by atomic mass is 19.1. The highest BCUT2D eigenvalue weighted by Gasteiger charge is 2.58. The molecule has 0 aliphatic heterocycles. The summed E-state index contributed by atoms with van der Waals surface area (Å²) in [6, 6.07) is 2.62. The molecular weight excluding hydrogens is 196 g/mol. The number of hydrogen-bond donors (Lipinski definition) is 1. The molecule has 2 rings (SSSR count). The van der Waals surface area contributed by atoms with Crippen LogP contribution in [0.15, 0.2) is 12.1 Å². The third-order valence-corrected chi connectivity index (χ3v) is 3.54. The van der Waals surface area contributed by atoms with E-state index in [2.05, 4.69) is 0 Å². The van der Waals surface area contributed by atoms with E-state index in [0.717, 1.165) is 0 Å². The fourth-order valence-electron chi connectivity index (χ4n) is 2.19. The van der Waals surface area contributed by atoms with Crippen LogP contribution in [0.4, 0.5) is 8.78 Å². The Labute approximate surface area is 88.3 Å². The van der Waals surface area contributed by atoms with Gasteiger partial charge in [0.15, 0.2) is 0 Å². The van der Waals surface area contributed by atoms with E-state index in [1.165, 1.54) is 12.1 Å². The highest BCUT2D eigenvalue weighted by Crippen LogP contribution is 2.58. The van der Waals surface area contributed by atoms with Gasteiger partial charge < -0.3 is 5.73 Å². The Balaban J connectivity index is 2.51. The van der Waals surface area contributed by atoms with Crippen molar-refractivity contribution in [3.05, 3.63) is 34.9 Å². The standard InChI is InChI=1S/C12H15F2N/c1-6-4-5-7(13)8(10(6)14)9-11(15)12(9,2)3/h4-5,9,11H,15H2,1-3H3/t9-,11-/m0/s1. The molecule has 0 radical (unpaired) electrons. The van der Waals surface area contributed by atoms with Gasteiger partial charge in [0.05, 0.1) is 0 Å². The minimum atomic E-state index is -0.482. The fourth-order valence-corrected chi connectivity index (χ4v) is 2.19. The molecule has 1 aliphatic rings. The summed E-state index contributed by atoms with van der Waals surface area (Å²) in [4.78, 5) is 0. The third-order valence-electron chi connectivity index (χ3n) is 3.54. The predicted octanol–water partition coefficient (Wildman–Crippen LogP) is 2.72. The summed E-state index contributed by atoms with van der Waals surface area (Å²) in [6.45, 7) is 5.51. The van der Waals surface area contributed by atoms with Crippen LogP contribution in [0.1, 0.15) is 30.9 Å². The van der Waals surface area contributed by atoms with Crippen LogP contribution in [-0.4, -0.2) is 6.04 Å². The second-order valence-electron chi connectivity index (χ2n) is 4.92. The smallest absolute Gasteiger partial charge is 0.132 e. The van der Waals surface area contributed by atoms with Crippen LogP contribution >= 0.6 is 0 Å². The highest BCUT2D eigenvalue weighted by molar-refractivity contribution is 5.38. The quantitative estimate of drug-likeness (QED) is 0.759. The van der Waals surface area contributed by atoms with Crippen molar-refractivity contribution < 1.29 is 8.78 Å². The topological polar surface area (TPSA) is 26.0 Å². The molecule has 2 N–H and O–H groups in total. The van der Waals surface area contributed by atoms with Gasteiger partial charge in [-0.25, -0.2) is 8.78 Å². The van der Waals surface area contributed by atoms with Gasteiger partial charge >= 0.3 is 0 Å². The Morgan fingerprint density at radius 3 is 2.27 bits per heavy atom. The van der Waals surface area contributed by atoms with Crippen molar-refractivity contribution in [3.63, 3.8) is 0 Å². The van der Waals surface area contributed by atoms with Gasteiger partial charge in [-0.1, -0.05) is 19.9 Å². The summed E-state index contributed by atoms with van der Waals surface area (Å²) in [5.41, 5.74) is 6.27. The zero-order valence-electron chi connectivity index (χ0n) is 9.14. The monoisotopic (exact) mass is 211 g/mol. The third kappa shape index (κ3) is 1.37. The van der Waals surface area contributed by atoms with Gasteiger partial charge in [0, 0.05) is 17.5 Å². The second-order valence-corrected chi connectivity index (χ2v) is 4.92. The van der Waals surface area contributed by atoms with Gasteiger partial charge in [0.2, 0.25) is 0 Å². The summed E-state index contributed by atoms with van der Waals surface area (Å²) >= 11 is 0. The number of rotatable bonds is 1. The Morgan fingerprint density at radius 2 is 1.80 bits per heavy atom. The van der Waals surface area contributed by atoms with Crippen LogP contribution in [0.2, 0.25) is 0 Å². The first-order valence-electron chi connectivity index (χ1n) is 5.07. The Morgan fingerprint density at radius 1 is 1.27 bits per heavy atom. The Kier molecular flexibility index (Phi) is 2.12. The molecule has 0 amide bonds.